The van der Waals surface area contributed by atoms with Gasteiger partial charge in [0, 0.05) is 11.8 Å². The van der Waals surface area contributed by atoms with Crippen molar-refractivity contribution in [1.82, 2.24) is 4.98 Å². The number of aromatic nitrogens is 1. The molecule has 0 saturated carbocycles. The third-order valence-electron chi connectivity index (χ3n) is 2.89. The van der Waals surface area contributed by atoms with Crippen LogP contribution in [0.5, 0.6) is 0 Å². The zero-order valence-electron chi connectivity index (χ0n) is 10.4. The van der Waals surface area contributed by atoms with Gasteiger partial charge < -0.3 is 0 Å². The molecule has 2 aromatic carbocycles. The Labute approximate surface area is 116 Å². The molecule has 0 bridgehead atoms. The van der Waals surface area contributed by atoms with Crippen LogP contribution >= 0.6 is 11.3 Å². The van der Waals surface area contributed by atoms with Crippen LogP contribution in [0.1, 0.15) is 16.0 Å². The number of thiazole rings is 1. The quantitative estimate of drug-likeness (QED) is 0.622. The summed E-state index contributed by atoms with van der Waals surface area (Å²) in [5.74, 6) is 0. The Morgan fingerprint density at radius 2 is 1.58 bits per heavy atom. The molecule has 3 aromatic rings. The Morgan fingerprint density at radius 3 is 2.21 bits per heavy atom. The summed E-state index contributed by atoms with van der Waals surface area (Å²) in [5, 5.41) is 0. The highest BCUT2D eigenvalue weighted by molar-refractivity contribution is 7.10. The Kier molecular flexibility index (Phi) is 3.52. The first-order chi connectivity index (χ1) is 9.43. The molecule has 0 radical (unpaired) electrons. The Bertz CT molecular complexity index is 655. The van der Waals surface area contributed by atoms with Crippen LogP contribution in [-0.4, -0.2) is 4.98 Å². The summed E-state index contributed by atoms with van der Waals surface area (Å²) in [4.78, 5) is 5.38. The lowest BCUT2D eigenvalue weighted by Crippen LogP contribution is -1.84. The molecule has 0 spiro atoms. The molecule has 0 unspecified atom stereocenters. The van der Waals surface area contributed by atoms with E-state index in [9.17, 15) is 0 Å². The summed E-state index contributed by atoms with van der Waals surface area (Å²) >= 11 is 1.67. The number of benzene rings is 2. The molecule has 0 saturated heterocycles. The molecule has 0 aliphatic rings. The highest BCUT2D eigenvalue weighted by atomic mass is 32.1. The van der Waals surface area contributed by atoms with Crippen molar-refractivity contribution in [2.45, 2.75) is 0 Å². The van der Waals surface area contributed by atoms with E-state index in [1.165, 1.54) is 21.6 Å². The second-order valence-electron chi connectivity index (χ2n) is 4.20. The maximum Gasteiger partial charge on any atom is 0.0797 e. The summed E-state index contributed by atoms with van der Waals surface area (Å²) in [6, 6.07) is 20.8. The molecule has 0 fully saturated rings. The van der Waals surface area contributed by atoms with Gasteiger partial charge in [0.05, 0.1) is 10.4 Å². The van der Waals surface area contributed by atoms with Crippen molar-refractivity contribution in [2.75, 3.05) is 0 Å². The van der Waals surface area contributed by atoms with E-state index in [0.29, 0.717) is 0 Å². The van der Waals surface area contributed by atoms with Crippen LogP contribution in [0.3, 0.4) is 0 Å². The highest BCUT2D eigenvalue weighted by Gasteiger charge is 2.06. The van der Waals surface area contributed by atoms with E-state index in [1.54, 1.807) is 11.3 Å². The van der Waals surface area contributed by atoms with Gasteiger partial charge >= 0.3 is 0 Å². The third kappa shape index (κ3) is 2.80. The molecule has 1 aromatic heterocycles. The fraction of sp³-hybridized carbons (Fsp3) is 0. The third-order valence-corrected chi connectivity index (χ3v) is 3.70. The Hall–Kier alpha value is -2.19. The lowest BCUT2D eigenvalue weighted by molar-refractivity contribution is 1.41. The van der Waals surface area contributed by atoms with Gasteiger partial charge in [-0.15, -0.1) is 11.3 Å². The van der Waals surface area contributed by atoms with E-state index < -0.39 is 0 Å². The number of rotatable bonds is 3. The standard InChI is InChI=1S/C17H13NS/c1-3-7-14(8-4-1)11-16(17-12-18-13-19-17)15-9-5-2-6-10-15/h1-13H/b16-11+. The lowest BCUT2D eigenvalue weighted by Gasteiger charge is -2.05. The maximum absolute atomic E-state index is 4.19. The van der Waals surface area contributed by atoms with Crippen LogP contribution in [-0.2, 0) is 0 Å². The molecular weight excluding hydrogens is 250 g/mol. The van der Waals surface area contributed by atoms with Gasteiger partial charge in [-0.2, -0.15) is 0 Å². The lowest BCUT2D eigenvalue weighted by atomic mass is 10.0. The monoisotopic (exact) mass is 263 g/mol. The first kappa shape index (κ1) is 11.9. The molecule has 2 heteroatoms. The van der Waals surface area contributed by atoms with Crippen LogP contribution in [0.15, 0.2) is 72.4 Å². The van der Waals surface area contributed by atoms with E-state index in [4.69, 9.17) is 0 Å². The van der Waals surface area contributed by atoms with Crippen LogP contribution in [0.4, 0.5) is 0 Å². The van der Waals surface area contributed by atoms with Crippen molar-refractivity contribution in [3.8, 4) is 0 Å². The van der Waals surface area contributed by atoms with Crippen LogP contribution in [0.25, 0.3) is 11.6 Å². The number of hydrogen-bond donors (Lipinski definition) is 0. The molecule has 0 aliphatic heterocycles. The largest absolute Gasteiger partial charge is 0.252 e. The Morgan fingerprint density at radius 1 is 0.895 bits per heavy atom. The van der Waals surface area contributed by atoms with Gasteiger partial charge in [-0.05, 0) is 17.2 Å². The van der Waals surface area contributed by atoms with Crippen molar-refractivity contribution < 1.29 is 0 Å². The summed E-state index contributed by atoms with van der Waals surface area (Å²) in [6.07, 6.45) is 4.13. The SMILES string of the molecule is C(=C(/c1ccccc1)c1cncs1)/c1ccccc1. The van der Waals surface area contributed by atoms with E-state index in [0.717, 1.165) is 0 Å². The molecular formula is C17H13NS. The van der Waals surface area contributed by atoms with Crippen molar-refractivity contribution in [1.29, 1.82) is 0 Å². The predicted molar refractivity (Wildman–Crippen MR) is 82.0 cm³/mol. The fourth-order valence-corrected chi connectivity index (χ4v) is 2.64. The van der Waals surface area contributed by atoms with Gasteiger partial charge in [0.2, 0.25) is 0 Å². The highest BCUT2D eigenvalue weighted by Crippen LogP contribution is 2.28. The minimum Gasteiger partial charge on any atom is -0.252 e. The molecule has 1 heterocycles. The number of nitrogens with zero attached hydrogens (tertiary/aromatic N) is 1. The first-order valence-electron chi connectivity index (χ1n) is 6.14. The van der Waals surface area contributed by atoms with E-state index in [2.05, 4.69) is 59.6 Å². The minimum atomic E-state index is 1.19. The molecule has 0 aliphatic carbocycles. The average Bonchev–Trinajstić information content (AvgIpc) is 3.01. The topological polar surface area (TPSA) is 12.9 Å². The van der Waals surface area contributed by atoms with Gasteiger partial charge in [-0.1, -0.05) is 60.7 Å². The van der Waals surface area contributed by atoms with Gasteiger partial charge in [0.25, 0.3) is 0 Å². The molecule has 3 rings (SSSR count). The predicted octanol–water partition coefficient (Wildman–Crippen LogP) is 4.73. The summed E-state index contributed by atoms with van der Waals surface area (Å²) < 4.78 is 0. The maximum atomic E-state index is 4.19. The van der Waals surface area contributed by atoms with Gasteiger partial charge in [-0.3, -0.25) is 4.98 Å². The van der Waals surface area contributed by atoms with E-state index in [-0.39, 0.29) is 0 Å². The zero-order chi connectivity index (χ0) is 12.9. The van der Waals surface area contributed by atoms with Crippen molar-refractivity contribution in [3.05, 3.63) is 88.4 Å². The van der Waals surface area contributed by atoms with Crippen LogP contribution < -0.4 is 0 Å². The fourth-order valence-electron chi connectivity index (χ4n) is 1.98. The molecule has 0 amide bonds. The van der Waals surface area contributed by atoms with Crippen molar-refractivity contribution >= 4 is 23.0 Å². The normalized spacial score (nSPS) is 11.5. The van der Waals surface area contributed by atoms with Crippen molar-refractivity contribution in [3.63, 3.8) is 0 Å². The van der Waals surface area contributed by atoms with E-state index >= 15 is 0 Å². The molecule has 0 atom stereocenters. The zero-order valence-corrected chi connectivity index (χ0v) is 11.2. The van der Waals surface area contributed by atoms with Crippen molar-refractivity contribution in [2.24, 2.45) is 0 Å². The first-order valence-corrected chi connectivity index (χ1v) is 7.02. The second-order valence-corrected chi connectivity index (χ2v) is 5.09. The second kappa shape index (κ2) is 5.63. The minimum absolute atomic E-state index is 1.19. The molecule has 0 N–H and O–H groups in total. The van der Waals surface area contributed by atoms with Crippen LogP contribution in [0.2, 0.25) is 0 Å². The molecule has 1 nitrogen and oxygen atoms in total. The molecule has 19 heavy (non-hydrogen) atoms. The van der Waals surface area contributed by atoms with Gasteiger partial charge in [-0.25, -0.2) is 0 Å². The average molecular weight is 263 g/mol. The summed E-state index contributed by atoms with van der Waals surface area (Å²) in [7, 11) is 0. The Balaban J connectivity index is 2.10. The summed E-state index contributed by atoms with van der Waals surface area (Å²) in [6.45, 7) is 0. The van der Waals surface area contributed by atoms with Gasteiger partial charge in [0.15, 0.2) is 0 Å². The smallest absolute Gasteiger partial charge is 0.0797 e. The van der Waals surface area contributed by atoms with E-state index in [1.807, 2.05) is 23.8 Å². The van der Waals surface area contributed by atoms with Gasteiger partial charge in [0.1, 0.15) is 0 Å². The van der Waals surface area contributed by atoms with Crippen LogP contribution in [0, 0.1) is 0 Å². The molecule has 92 valence electrons. The number of hydrogen-bond acceptors (Lipinski definition) is 2. The summed E-state index contributed by atoms with van der Waals surface area (Å²) in [5.41, 5.74) is 5.51.